The molecule has 0 radical (unpaired) electrons. The molecule has 0 aliphatic heterocycles. The van der Waals surface area contributed by atoms with Gasteiger partial charge in [-0.05, 0) is 18.1 Å². The molecule has 0 spiro atoms. The predicted octanol–water partition coefficient (Wildman–Crippen LogP) is 3.30. The van der Waals surface area contributed by atoms with Crippen molar-refractivity contribution in [2.45, 2.75) is 32.6 Å². The summed E-state index contributed by atoms with van der Waals surface area (Å²) in [6.45, 7) is 2.80. The summed E-state index contributed by atoms with van der Waals surface area (Å²) in [5.74, 6) is -0.173. The third kappa shape index (κ3) is 6.13. The molecule has 0 aromatic heterocycles. The highest BCUT2D eigenvalue weighted by Crippen LogP contribution is 2.13. The second-order valence-corrected chi connectivity index (χ2v) is 4.54. The van der Waals surface area contributed by atoms with E-state index < -0.39 is 4.92 Å². The lowest BCUT2D eigenvalue weighted by Gasteiger charge is -2.01. The van der Waals surface area contributed by atoms with Crippen LogP contribution in [0.2, 0.25) is 0 Å². The quantitative estimate of drug-likeness (QED) is 0.342. The number of nitrogens with zero attached hydrogens (tertiary/aromatic N) is 1. The van der Waals surface area contributed by atoms with Crippen LogP contribution in [0.4, 0.5) is 5.69 Å². The van der Waals surface area contributed by atoms with Crippen LogP contribution in [0.1, 0.15) is 38.2 Å². The van der Waals surface area contributed by atoms with E-state index in [1.807, 2.05) is 0 Å². The lowest BCUT2D eigenvalue weighted by atomic mass is 10.2. The molecule has 0 saturated heterocycles. The van der Waals surface area contributed by atoms with Gasteiger partial charge >= 0.3 is 0 Å². The van der Waals surface area contributed by atoms with E-state index >= 15 is 0 Å². The van der Waals surface area contributed by atoms with Crippen LogP contribution >= 0.6 is 0 Å². The van der Waals surface area contributed by atoms with Gasteiger partial charge in [0.05, 0.1) is 4.92 Å². The first kappa shape index (κ1) is 15.9. The fraction of sp³-hybridized carbons (Fsp3) is 0.400. The Morgan fingerprint density at radius 1 is 1.35 bits per heavy atom. The van der Waals surface area contributed by atoms with Gasteiger partial charge in [-0.1, -0.05) is 38.3 Å². The third-order valence-corrected chi connectivity index (χ3v) is 2.84. The zero-order chi connectivity index (χ0) is 14.8. The number of amides is 1. The molecule has 5 nitrogen and oxygen atoms in total. The van der Waals surface area contributed by atoms with Crippen LogP contribution in [0.3, 0.4) is 0 Å². The normalized spacial score (nSPS) is 10.7. The van der Waals surface area contributed by atoms with Gasteiger partial charge in [0, 0.05) is 24.8 Å². The summed E-state index contributed by atoms with van der Waals surface area (Å²) in [5.41, 5.74) is 0.660. The van der Waals surface area contributed by atoms with Crippen molar-refractivity contribution in [3.8, 4) is 0 Å². The van der Waals surface area contributed by atoms with Crippen LogP contribution in [-0.4, -0.2) is 17.4 Å². The summed E-state index contributed by atoms with van der Waals surface area (Å²) in [5, 5.41) is 13.4. The van der Waals surface area contributed by atoms with E-state index in [1.165, 1.54) is 31.1 Å². The maximum atomic E-state index is 11.5. The molecule has 0 aliphatic carbocycles. The monoisotopic (exact) mass is 276 g/mol. The number of non-ortho nitro benzene ring substituents is 1. The Bertz CT molecular complexity index is 484. The lowest BCUT2D eigenvalue weighted by Crippen LogP contribution is -2.21. The van der Waals surface area contributed by atoms with Gasteiger partial charge in [-0.2, -0.15) is 0 Å². The first-order valence-electron chi connectivity index (χ1n) is 6.84. The number of carbonyl (C=O) groups is 1. The topological polar surface area (TPSA) is 72.2 Å². The third-order valence-electron chi connectivity index (χ3n) is 2.84. The standard InChI is InChI=1S/C15H20N2O3/c1-2-3-4-5-11-16-15(18)10-9-13-7-6-8-14(12-13)17(19)20/h6-10,12H,2-5,11H2,1H3,(H,16,18). The maximum Gasteiger partial charge on any atom is 0.270 e. The minimum Gasteiger partial charge on any atom is -0.353 e. The van der Waals surface area contributed by atoms with Crippen LogP contribution in [0.5, 0.6) is 0 Å². The van der Waals surface area contributed by atoms with E-state index in [4.69, 9.17) is 0 Å². The minimum absolute atomic E-state index is 0.0205. The molecule has 5 heteroatoms. The maximum absolute atomic E-state index is 11.5. The van der Waals surface area contributed by atoms with Gasteiger partial charge in [0.25, 0.3) is 5.69 Å². The molecule has 108 valence electrons. The van der Waals surface area contributed by atoms with Crippen molar-refractivity contribution < 1.29 is 9.72 Å². The molecule has 1 amide bonds. The van der Waals surface area contributed by atoms with Crippen LogP contribution in [0, 0.1) is 10.1 Å². The Morgan fingerprint density at radius 3 is 2.85 bits per heavy atom. The van der Waals surface area contributed by atoms with Gasteiger partial charge in [0.15, 0.2) is 0 Å². The highest BCUT2D eigenvalue weighted by molar-refractivity contribution is 5.91. The van der Waals surface area contributed by atoms with Gasteiger partial charge in [0.2, 0.25) is 5.91 Å². The van der Waals surface area contributed by atoms with Crippen molar-refractivity contribution in [3.05, 3.63) is 46.0 Å². The molecule has 0 fully saturated rings. The molecular formula is C15H20N2O3. The van der Waals surface area contributed by atoms with Crippen molar-refractivity contribution >= 4 is 17.7 Å². The van der Waals surface area contributed by atoms with Crippen LogP contribution < -0.4 is 5.32 Å². The highest BCUT2D eigenvalue weighted by Gasteiger charge is 2.03. The number of nitrogens with one attached hydrogen (secondary N) is 1. The van der Waals surface area contributed by atoms with E-state index in [-0.39, 0.29) is 11.6 Å². The molecule has 0 saturated carbocycles. The number of nitro benzene ring substituents is 1. The molecule has 0 aliphatic rings. The van der Waals surface area contributed by atoms with E-state index in [1.54, 1.807) is 18.2 Å². The fourth-order valence-electron chi connectivity index (χ4n) is 1.74. The summed E-state index contributed by atoms with van der Waals surface area (Å²) in [7, 11) is 0. The van der Waals surface area contributed by atoms with Crippen molar-refractivity contribution in [2.75, 3.05) is 6.54 Å². The summed E-state index contributed by atoms with van der Waals surface area (Å²) in [6, 6.07) is 6.18. The fourth-order valence-corrected chi connectivity index (χ4v) is 1.74. The zero-order valence-corrected chi connectivity index (χ0v) is 11.7. The Balaban J connectivity index is 2.41. The van der Waals surface area contributed by atoms with Crippen LogP contribution in [0.15, 0.2) is 30.3 Å². The predicted molar refractivity (Wildman–Crippen MR) is 79.3 cm³/mol. The molecule has 1 N–H and O–H groups in total. The summed E-state index contributed by atoms with van der Waals surface area (Å²) < 4.78 is 0. The molecule has 0 bridgehead atoms. The van der Waals surface area contributed by atoms with Gasteiger partial charge < -0.3 is 5.32 Å². The molecular weight excluding hydrogens is 256 g/mol. The van der Waals surface area contributed by atoms with Gasteiger partial charge in [0.1, 0.15) is 0 Å². The SMILES string of the molecule is CCCCCCNC(=O)C=Cc1cccc([N+](=O)[O-])c1. The molecule has 0 heterocycles. The average molecular weight is 276 g/mol. The molecule has 1 rings (SSSR count). The van der Waals surface area contributed by atoms with E-state index in [2.05, 4.69) is 12.2 Å². The molecule has 1 aromatic rings. The summed E-state index contributed by atoms with van der Waals surface area (Å²) in [4.78, 5) is 21.7. The second-order valence-electron chi connectivity index (χ2n) is 4.54. The number of hydrogen-bond donors (Lipinski definition) is 1. The van der Waals surface area contributed by atoms with E-state index in [0.717, 1.165) is 12.8 Å². The van der Waals surface area contributed by atoms with Crippen molar-refractivity contribution in [1.29, 1.82) is 0 Å². The highest BCUT2D eigenvalue weighted by atomic mass is 16.6. The number of carbonyl (C=O) groups excluding carboxylic acids is 1. The Morgan fingerprint density at radius 2 is 2.15 bits per heavy atom. The summed E-state index contributed by atoms with van der Waals surface area (Å²) in [6.07, 6.45) is 7.42. The van der Waals surface area contributed by atoms with Gasteiger partial charge in [-0.25, -0.2) is 0 Å². The van der Waals surface area contributed by atoms with Crippen molar-refractivity contribution in [1.82, 2.24) is 5.32 Å². The zero-order valence-electron chi connectivity index (χ0n) is 11.7. The van der Waals surface area contributed by atoms with Crippen molar-refractivity contribution in [2.24, 2.45) is 0 Å². The number of rotatable bonds is 8. The minimum atomic E-state index is -0.453. The van der Waals surface area contributed by atoms with Crippen LogP contribution in [-0.2, 0) is 4.79 Å². The largest absolute Gasteiger partial charge is 0.353 e. The second kappa shape index (κ2) is 8.85. The first-order chi connectivity index (χ1) is 9.63. The molecule has 0 unspecified atom stereocenters. The van der Waals surface area contributed by atoms with Crippen molar-refractivity contribution in [3.63, 3.8) is 0 Å². The Kier molecular flexibility index (Phi) is 7.03. The lowest BCUT2D eigenvalue weighted by molar-refractivity contribution is -0.384. The Hall–Kier alpha value is -2.17. The number of benzene rings is 1. The summed E-state index contributed by atoms with van der Waals surface area (Å²) >= 11 is 0. The molecule has 1 aromatic carbocycles. The van der Waals surface area contributed by atoms with Gasteiger partial charge in [-0.3, -0.25) is 14.9 Å². The smallest absolute Gasteiger partial charge is 0.270 e. The average Bonchev–Trinajstić information content (AvgIpc) is 2.45. The molecule has 0 atom stereocenters. The van der Waals surface area contributed by atoms with E-state index in [0.29, 0.717) is 12.1 Å². The number of unbranched alkanes of at least 4 members (excludes halogenated alkanes) is 3. The first-order valence-corrected chi connectivity index (χ1v) is 6.84. The number of nitro groups is 1. The molecule has 20 heavy (non-hydrogen) atoms. The van der Waals surface area contributed by atoms with Gasteiger partial charge in [-0.15, -0.1) is 0 Å². The van der Waals surface area contributed by atoms with E-state index in [9.17, 15) is 14.9 Å². The Labute approximate surface area is 118 Å². The number of hydrogen-bond acceptors (Lipinski definition) is 3. The van der Waals surface area contributed by atoms with Crippen LogP contribution in [0.25, 0.3) is 6.08 Å².